The molecule has 0 unspecified atom stereocenters. The quantitative estimate of drug-likeness (QED) is 0.379. The molecule has 0 saturated heterocycles. The van der Waals surface area contributed by atoms with Gasteiger partial charge in [0, 0.05) is 22.6 Å². The fourth-order valence-corrected chi connectivity index (χ4v) is 4.08. The maximum Gasteiger partial charge on any atom is 0.344 e. The predicted octanol–water partition coefficient (Wildman–Crippen LogP) is 3.11. The number of hydrogen-bond donors (Lipinski definition) is 1. The van der Waals surface area contributed by atoms with E-state index in [4.69, 9.17) is 14.6 Å². The third kappa shape index (κ3) is 5.68. The monoisotopic (exact) mass is 470 g/mol. The number of hydrogen-bond acceptors (Lipinski definition) is 6. The molecule has 9 heteroatoms. The summed E-state index contributed by atoms with van der Waals surface area (Å²) >= 11 is 0. The molecule has 0 aliphatic rings. The maximum atomic E-state index is 12.7. The average Bonchev–Trinajstić information content (AvgIpc) is 3.09. The van der Waals surface area contributed by atoms with Crippen molar-refractivity contribution in [3.63, 3.8) is 0 Å². The lowest BCUT2D eigenvalue weighted by Crippen LogP contribution is -2.20. The van der Waals surface area contributed by atoms with Crippen molar-refractivity contribution in [2.45, 2.75) is 32.1 Å². The first kappa shape index (κ1) is 24.2. The molecule has 2 N–H and O–H groups in total. The fourth-order valence-electron chi connectivity index (χ4n) is 3.57. The van der Waals surface area contributed by atoms with Crippen molar-refractivity contribution in [3.8, 4) is 11.4 Å². The van der Waals surface area contributed by atoms with E-state index in [0.29, 0.717) is 22.7 Å². The second-order valence-corrected chi connectivity index (χ2v) is 9.05. The van der Waals surface area contributed by atoms with Crippen molar-refractivity contribution in [1.82, 2.24) is 4.57 Å². The van der Waals surface area contributed by atoms with Crippen LogP contribution in [0.4, 0.5) is 0 Å². The fraction of sp³-hybridized carbons (Fsp3) is 0.250. The van der Waals surface area contributed by atoms with Crippen LogP contribution in [0.5, 0.6) is 5.75 Å². The second kappa shape index (κ2) is 10.0. The lowest BCUT2D eigenvalue weighted by molar-refractivity contribution is -0.144. The number of carbonyl (C=O) groups excluding carboxylic acids is 2. The summed E-state index contributed by atoms with van der Waals surface area (Å²) in [6, 6.07) is 15.2. The topological polar surface area (TPSA) is 118 Å². The van der Waals surface area contributed by atoms with E-state index < -0.39 is 22.6 Å². The number of ether oxygens (including phenoxy) is 2. The summed E-state index contributed by atoms with van der Waals surface area (Å²) in [5, 5.41) is 5.15. The van der Waals surface area contributed by atoms with E-state index in [-0.39, 0.29) is 17.3 Å². The van der Waals surface area contributed by atoms with E-state index >= 15 is 0 Å². The van der Waals surface area contributed by atoms with Crippen LogP contribution in [0.15, 0.2) is 59.5 Å². The molecule has 0 amide bonds. The minimum absolute atomic E-state index is 0.000651. The van der Waals surface area contributed by atoms with Gasteiger partial charge in [-0.2, -0.15) is 0 Å². The van der Waals surface area contributed by atoms with Crippen molar-refractivity contribution in [1.29, 1.82) is 0 Å². The molecule has 33 heavy (non-hydrogen) atoms. The molecule has 8 nitrogen and oxygen atoms in total. The maximum absolute atomic E-state index is 12.7. The van der Waals surface area contributed by atoms with Gasteiger partial charge in [-0.05, 0) is 62.2 Å². The zero-order valence-electron chi connectivity index (χ0n) is 18.7. The molecule has 1 aromatic heterocycles. The molecule has 0 radical (unpaired) electrons. The lowest BCUT2D eigenvalue weighted by Gasteiger charge is -2.11. The third-order valence-electron chi connectivity index (χ3n) is 5.22. The number of sulfonamides is 1. The zero-order chi connectivity index (χ0) is 24.2. The Kier molecular flexibility index (Phi) is 7.35. The summed E-state index contributed by atoms with van der Waals surface area (Å²) in [6.45, 7) is 4.87. The van der Waals surface area contributed by atoms with Crippen LogP contribution in [-0.2, 0) is 26.0 Å². The van der Waals surface area contributed by atoms with Gasteiger partial charge in [0.2, 0.25) is 15.8 Å². The molecule has 0 aliphatic heterocycles. The van der Waals surface area contributed by atoms with Crippen LogP contribution in [0, 0.1) is 13.8 Å². The molecule has 3 rings (SSSR count). The highest BCUT2D eigenvalue weighted by atomic mass is 32.2. The summed E-state index contributed by atoms with van der Waals surface area (Å²) in [6.07, 6.45) is 0.768. The molecule has 3 aromatic rings. The third-order valence-corrected chi connectivity index (χ3v) is 6.15. The second-order valence-electron chi connectivity index (χ2n) is 7.49. The van der Waals surface area contributed by atoms with Gasteiger partial charge in [-0.3, -0.25) is 4.79 Å². The van der Waals surface area contributed by atoms with Crippen molar-refractivity contribution in [2.75, 3.05) is 13.2 Å². The summed E-state index contributed by atoms with van der Waals surface area (Å²) < 4.78 is 35.4. The normalized spacial score (nSPS) is 11.3. The summed E-state index contributed by atoms with van der Waals surface area (Å²) in [4.78, 5) is 24.8. The predicted molar refractivity (Wildman–Crippen MR) is 123 cm³/mol. The zero-order valence-corrected chi connectivity index (χ0v) is 19.5. The Balaban J connectivity index is 1.65. The largest absolute Gasteiger partial charge is 0.482 e. The molecule has 0 fully saturated rings. The van der Waals surface area contributed by atoms with Crippen molar-refractivity contribution >= 4 is 21.8 Å². The van der Waals surface area contributed by atoms with Crippen LogP contribution in [0.25, 0.3) is 5.69 Å². The van der Waals surface area contributed by atoms with Crippen LogP contribution in [-0.4, -0.2) is 38.0 Å². The van der Waals surface area contributed by atoms with E-state index in [1.54, 1.807) is 31.2 Å². The van der Waals surface area contributed by atoms with Crippen LogP contribution in [0.2, 0.25) is 0 Å². The van der Waals surface area contributed by atoms with Crippen LogP contribution >= 0.6 is 0 Å². The Bertz CT molecular complexity index is 1280. The van der Waals surface area contributed by atoms with E-state index in [2.05, 4.69) is 0 Å². The highest BCUT2D eigenvalue weighted by Crippen LogP contribution is 2.23. The SMILES string of the molecule is CCc1ccccc1OCC(=O)OCC(=O)c1cc(C)n(-c2ccc(S(N)(=O)=O)cc2)c1C. The summed E-state index contributed by atoms with van der Waals surface area (Å²) in [5.41, 5.74) is 3.48. The molecule has 0 aliphatic carbocycles. The molecule has 0 bridgehead atoms. The van der Waals surface area contributed by atoms with Crippen LogP contribution < -0.4 is 9.88 Å². The van der Waals surface area contributed by atoms with Gasteiger partial charge < -0.3 is 14.0 Å². The van der Waals surface area contributed by atoms with E-state index in [0.717, 1.165) is 17.7 Å². The Morgan fingerprint density at radius 3 is 2.30 bits per heavy atom. The Morgan fingerprint density at radius 1 is 1.00 bits per heavy atom. The highest BCUT2D eigenvalue weighted by molar-refractivity contribution is 7.89. The van der Waals surface area contributed by atoms with Crippen molar-refractivity contribution < 1.29 is 27.5 Å². The number of benzene rings is 2. The number of primary sulfonamides is 1. The first-order valence-electron chi connectivity index (χ1n) is 10.3. The van der Waals surface area contributed by atoms with Crippen LogP contribution in [0.3, 0.4) is 0 Å². The molecule has 0 saturated carbocycles. The minimum atomic E-state index is -3.79. The molecule has 0 spiro atoms. The number of nitrogens with zero attached hydrogens (tertiary/aromatic N) is 1. The number of rotatable bonds is 9. The Hall–Kier alpha value is -3.43. The molecule has 1 heterocycles. The number of aryl methyl sites for hydroxylation is 2. The van der Waals surface area contributed by atoms with E-state index in [9.17, 15) is 18.0 Å². The lowest BCUT2D eigenvalue weighted by atomic mass is 10.1. The number of esters is 1. The first-order valence-corrected chi connectivity index (χ1v) is 11.9. The van der Waals surface area contributed by atoms with Gasteiger partial charge in [-0.25, -0.2) is 18.4 Å². The van der Waals surface area contributed by atoms with Gasteiger partial charge in [0.1, 0.15) is 5.75 Å². The number of para-hydroxylation sites is 1. The molecular weight excluding hydrogens is 444 g/mol. The Morgan fingerprint density at radius 2 is 1.67 bits per heavy atom. The van der Waals surface area contributed by atoms with Crippen molar-refractivity contribution in [2.24, 2.45) is 5.14 Å². The highest BCUT2D eigenvalue weighted by Gasteiger charge is 2.19. The van der Waals surface area contributed by atoms with E-state index in [1.807, 2.05) is 36.6 Å². The number of aromatic nitrogens is 1. The molecule has 0 atom stereocenters. The standard InChI is InChI=1S/C24H26N2O6S/c1-4-18-7-5-6-8-23(18)31-15-24(28)32-14-22(27)21-13-16(2)26(17(21)3)19-9-11-20(12-10-19)33(25,29)30/h5-13H,4,14-15H2,1-3H3,(H2,25,29,30). The number of Topliss-reactive ketones (excluding diaryl/α,β-unsaturated/α-hetero) is 1. The van der Waals surface area contributed by atoms with E-state index in [1.165, 1.54) is 12.1 Å². The van der Waals surface area contributed by atoms with Gasteiger partial charge >= 0.3 is 5.97 Å². The average molecular weight is 471 g/mol. The smallest absolute Gasteiger partial charge is 0.344 e. The molecule has 174 valence electrons. The first-order chi connectivity index (χ1) is 15.6. The van der Waals surface area contributed by atoms with Crippen LogP contribution in [0.1, 0.15) is 34.2 Å². The van der Waals surface area contributed by atoms with Gasteiger partial charge in [0.25, 0.3) is 0 Å². The van der Waals surface area contributed by atoms with Gasteiger partial charge in [0.05, 0.1) is 4.90 Å². The number of nitrogens with two attached hydrogens (primary N) is 1. The molecule has 2 aromatic carbocycles. The van der Waals surface area contributed by atoms with Gasteiger partial charge in [0.15, 0.2) is 13.2 Å². The summed E-state index contributed by atoms with van der Waals surface area (Å²) in [5.74, 6) is -0.375. The summed E-state index contributed by atoms with van der Waals surface area (Å²) in [7, 11) is -3.79. The van der Waals surface area contributed by atoms with Gasteiger partial charge in [-0.15, -0.1) is 0 Å². The Labute approximate surface area is 193 Å². The number of carbonyl (C=O) groups is 2. The number of ketones is 1. The minimum Gasteiger partial charge on any atom is -0.482 e. The van der Waals surface area contributed by atoms with Crippen molar-refractivity contribution in [3.05, 3.63) is 77.1 Å². The van der Waals surface area contributed by atoms with Gasteiger partial charge in [-0.1, -0.05) is 25.1 Å². The molecular formula is C24H26N2O6S.